The second-order valence-corrected chi connectivity index (χ2v) is 3.44. The number of carbonyl (C=O) groups excluding carboxylic acids is 1. The number of benzene rings is 1. The molecular formula is C12H16O4. The fourth-order valence-electron chi connectivity index (χ4n) is 1.24. The highest BCUT2D eigenvalue weighted by atomic mass is 16.5. The van der Waals surface area contributed by atoms with Crippen LogP contribution >= 0.6 is 0 Å². The number of esters is 1. The normalized spacial score (nSPS) is 9.88. The zero-order valence-corrected chi connectivity index (χ0v) is 9.53. The Labute approximate surface area is 94.8 Å². The van der Waals surface area contributed by atoms with Crippen LogP contribution in [0.25, 0.3) is 0 Å². The molecule has 0 heterocycles. The van der Waals surface area contributed by atoms with Crippen LogP contribution in [0.1, 0.15) is 26.2 Å². The molecule has 1 aromatic carbocycles. The molecule has 0 saturated heterocycles. The summed E-state index contributed by atoms with van der Waals surface area (Å²) in [6, 6.07) is 4.39. The largest absolute Gasteiger partial charge is 0.508 e. The molecule has 0 saturated carbocycles. The summed E-state index contributed by atoms with van der Waals surface area (Å²) in [6.07, 6.45) is 2.13. The van der Waals surface area contributed by atoms with E-state index in [9.17, 15) is 9.90 Å². The van der Waals surface area contributed by atoms with Gasteiger partial charge in [0.1, 0.15) is 17.2 Å². The lowest BCUT2D eigenvalue weighted by Crippen LogP contribution is -2.07. The lowest BCUT2D eigenvalue weighted by Gasteiger charge is -2.06. The Hall–Kier alpha value is -1.71. The first kappa shape index (κ1) is 12.4. The van der Waals surface area contributed by atoms with E-state index in [1.807, 2.05) is 6.92 Å². The van der Waals surface area contributed by atoms with Gasteiger partial charge in [-0.05, 0) is 6.42 Å². The minimum absolute atomic E-state index is 0.0117. The van der Waals surface area contributed by atoms with Gasteiger partial charge >= 0.3 is 5.97 Å². The van der Waals surface area contributed by atoms with Crippen LogP contribution in [0.5, 0.6) is 17.2 Å². The number of methoxy groups -OCH3 is 1. The Morgan fingerprint density at radius 2 is 2.00 bits per heavy atom. The Morgan fingerprint density at radius 1 is 1.31 bits per heavy atom. The smallest absolute Gasteiger partial charge is 0.311 e. The molecular weight excluding hydrogens is 208 g/mol. The predicted octanol–water partition coefficient (Wildman–Crippen LogP) is 2.50. The van der Waals surface area contributed by atoms with Gasteiger partial charge in [-0.25, -0.2) is 0 Å². The van der Waals surface area contributed by atoms with E-state index in [0.717, 1.165) is 12.8 Å². The zero-order valence-electron chi connectivity index (χ0n) is 9.53. The minimum atomic E-state index is -0.297. The third kappa shape index (κ3) is 3.81. The first-order chi connectivity index (χ1) is 7.65. The number of rotatable bonds is 5. The molecule has 88 valence electrons. The van der Waals surface area contributed by atoms with Crippen LogP contribution in [-0.2, 0) is 4.79 Å². The van der Waals surface area contributed by atoms with Crippen molar-refractivity contribution in [1.82, 2.24) is 0 Å². The van der Waals surface area contributed by atoms with E-state index in [0.29, 0.717) is 17.9 Å². The topological polar surface area (TPSA) is 55.8 Å². The van der Waals surface area contributed by atoms with Crippen LogP contribution < -0.4 is 9.47 Å². The van der Waals surface area contributed by atoms with E-state index in [4.69, 9.17) is 9.47 Å². The quantitative estimate of drug-likeness (QED) is 0.616. The summed E-state index contributed by atoms with van der Waals surface area (Å²) in [5, 5.41) is 9.34. The average Bonchev–Trinajstić information content (AvgIpc) is 2.25. The van der Waals surface area contributed by atoms with Crippen molar-refractivity contribution in [2.24, 2.45) is 0 Å². The van der Waals surface area contributed by atoms with E-state index in [-0.39, 0.29) is 11.7 Å². The highest BCUT2D eigenvalue weighted by Gasteiger charge is 2.06. The molecule has 16 heavy (non-hydrogen) atoms. The van der Waals surface area contributed by atoms with Crippen molar-refractivity contribution >= 4 is 5.97 Å². The van der Waals surface area contributed by atoms with Gasteiger partial charge in [-0.2, -0.15) is 0 Å². The lowest BCUT2D eigenvalue weighted by atomic mass is 10.2. The van der Waals surface area contributed by atoms with Crippen molar-refractivity contribution in [2.45, 2.75) is 26.2 Å². The predicted molar refractivity (Wildman–Crippen MR) is 59.8 cm³/mol. The maximum Gasteiger partial charge on any atom is 0.311 e. The van der Waals surface area contributed by atoms with Gasteiger partial charge < -0.3 is 14.6 Å². The molecule has 0 aliphatic heterocycles. The third-order valence-electron chi connectivity index (χ3n) is 2.07. The van der Waals surface area contributed by atoms with Crippen LogP contribution in [0.4, 0.5) is 0 Å². The maximum atomic E-state index is 11.3. The van der Waals surface area contributed by atoms with Crippen molar-refractivity contribution in [2.75, 3.05) is 7.11 Å². The second kappa shape index (κ2) is 6.00. The molecule has 0 aromatic heterocycles. The Kier molecular flexibility index (Phi) is 4.64. The summed E-state index contributed by atoms with van der Waals surface area (Å²) in [4.78, 5) is 11.3. The molecule has 0 bridgehead atoms. The fraction of sp³-hybridized carbons (Fsp3) is 0.417. The fourth-order valence-corrected chi connectivity index (χ4v) is 1.24. The van der Waals surface area contributed by atoms with Crippen LogP contribution in [0, 0.1) is 0 Å². The number of phenols is 1. The Morgan fingerprint density at radius 3 is 2.62 bits per heavy atom. The average molecular weight is 224 g/mol. The Bertz CT molecular complexity index is 360. The van der Waals surface area contributed by atoms with E-state index in [1.54, 1.807) is 6.07 Å². The van der Waals surface area contributed by atoms with Crippen molar-refractivity contribution in [1.29, 1.82) is 0 Å². The molecule has 0 radical (unpaired) electrons. The number of phenolic OH excluding ortho intramolecular Hbond substituents is 1. The van der Waals surface area contributed by atoms with Crippen LogP contribution in [-0.4, -0.2) is 18.2 Å². The SMILES string of the molecule is CCCCC(=O)Oc1cc(O)cc(OC)c1. The van der Waals surface area contributed by atoms with Gasteiger partial charge in [-0.3, -0.25) is 4.79 Å². The van der Waals surface area contributed by atoms with E-state index in [1.165, 1.54) is 19.2 Å². The number of carbonyl (C=O) groups is 1. The van der Waals surface area contributed by atoms with Crippen LogP contribution in [0.3, 0.4) is 0 Å². The van der Waals surface area contributed by atoms with Gasteiger partial charge in [-0.15, -0.1) is 0 Å². The first-order valence-corrected chi connectivity index (χ1v) is 5.24. The molecule has 0 fully saturated rings. The van der Waals surface area contributed by atoms with Crippen molar-refractivity contribution in [3.8, 4) is 17.2 Å². The summed E-state index contributed by atoms with van der Waals surface area (Å²) in [6.45, 7) is 2.00. The van der Waals surface area contributed by atoms with Gasteiger partial charge in [0.2, 0.25) is 0 Å². The zero-order chi connectivity index (χ0) is 12.0. The van der Waals surface area contributed by atoms with Gasteiger partial charge in [0.25, 0.3) is 0 Å². The lowest BCUT2D eigenvalue weighted by molar-refractivity contribution is -0.134. The summed E-state index contributed by atoms with van der Waals surface area (Å²) >= 11 is 0. The van der Waals surface area contributed by atoms with Crippen molar-refractivity contribution < 1.29 is 19.4 Å². The van der Waals surface area contributed by atoms with Crippen LogP contribution in [0.2, 0.25) is 0 Å². The van der Waals surface area contributed by atoms with Gasteiger partial charge in [0.05, 0.1) is 7.11 Å². The first-order valence-electron chi connectivity index (χ1n) is 5.24. The monoisotopic (exact) mass is 224 g/mol. The molecule has 4 heteroatoms. The molecule has 0 spiro atoms. The number of hydrogen-bond donors (Lipinski definition) is 1. The van der Waals surface area contributed by atoms with Crippen LogP contribution in [0.15, 0.2) is 18.2 Å². The van der Waals surface area contributed by atoms with Crippen molar-refractivity contribution in [3.63, 3.8) is 0 Å². The number of ether oxygens (including phenoxy) is 2. The van der Waals surface area contributed by atoms with E-state index < -0.39 is 0 Å². The molecule has 0 amide bonds. The highest BCUT2D eigenvalue weighted by Crippen LogP contribution is 2.26. The molecule has 0 atom stereocenters. The molecule has 0 unspecified atom stereocenters. The standard InChI is InChI=1S/C12H16O4/c1-3-4-5-12(14)16-11-7-9(13)6-10(8-11)15-2/h6-8,13H,3-5H2,1-2H3. The summed E-state index contributed by atoms with van der Waals surface area (Å²) in [5.74, 6) is 0.475. The molecule has 0 aliphatic rings. The second-order valence-electron chi connectivity index (χ2n) is 3.44. The van der Waals surface area contributed by atoms with Gasteiger partial charge in [-0.1, -0.05) is 13.3 Å². The third-order valence-corrected chi connectivity index (χ3v) is 2.07. The molecule has 1 N–H and O–H groups in total. The molecule has 0 aliphatic carbocycles. The van der Waals surface area contributed by atoms with Gasteiger partial charge in [0.15, 0.2) is 0 Å². The maximum absolute atomic E-state index is 11.3. The minimum Gasteiger partial charge on any atom is -0.508 e. The summed E-state index contributed by atoms with van der Waals surface area (Å²) < 4.78 is 10.0. The van der Waals surface area contributed by atoms with E-state index >= 15 is 0 Å². The number of hydrogen-bond acceptors (Lipinski definition) is 4. The number of unbranched alkanes of at least 4 members (excludes halogenated alkanes) is 1. The highest BCUT2D eigenvalue weighted by molar-refractivity contribution is 5.72. The Balaban J connectivity index is 2.65. The van der Waals surface area contributed by atoms with Gasteiger partial charge in [0, 0.05) is 24.6 Å². The van der Waals surface area contributed by atoms with Crippen molar-refractivity contribution in [3.05, 3.63) is 18.2 Å². The molecule has 4 nitrogen and oxygen atoms in total. The molecule has 1 rings (SSSR count). The summed E-state index contributed by atoms with van der Waals surface area (Å²) in [5.41, 5.74) is 0. The number of aromatic hydroxyl groups is 1. The van der Waals surface area contributed by atoms with E-state index in [2.05, 4.69) is 0 Å². The summed E-state index contributed by atoms with van der Waals surface area (Å²) in [7, 11) is 1.48. The molecule has 1 aromatic rings.